The van der Waals surface area contributed by atoms with E-state index in [1.54, 1.807) is 0 Å². The fourth-order valence-corrected chi connectivity index (χ4v) is 8.84. The maximum absolute atomic E-state index is 5.62. The summed E-state index contributed by atoms with van der Waals surface area (Å²) in [6.45, 7) is 0. The molecule has 2 aromatic heterocycles. The van der Waals surface area contributed by atoms with Crippen LogP contribution in [0, 0.1) is 0 Å². The molecule has 0 atom stereocenters. The second-order valence-electron chi connectivity index (χ2n) is 16.3. The molecule has 310 valence electrons. The SMILES string of the molecule is c1ccc(-c2ccc(-c3cc(-c4ccc(-c5c(-c6ccccc6)c(-c6ccccc6)nc(-c6ccccc6)c5-c5ccccc5)cc4)nc(-c4ccc(-c5ccccc5)cc4)n3)cc2)cc1. The van der Waals surface area contributed by atoms with E-state index in [1.807, 2.05) is 12.1 Å². The van der Waals surface area contributed by atoms with Gasteiger partial charge in [0, 0.05) is 44.5 Å². The van der Waals surface area contributed by atoms with E-state index in [0.717, 1.165) is 95.1 Å². The van der Waals surface area contributed by atoms with Crippen LogP contribution in [0.1, 0.15) is 0 Å². The van der Waals surface area contributed by atoms with E-state index in [-0.39, 0.29) is 0 Å². The number of aromatic nitrogens is 3. The lowest BCUT2D eigenvalue weighted by Gasteiger charge is -2.23. The molecule has 11 rings (SSSR count). The Morgan fingerprint density at radius 3 is 0.803 bits per heavy atom. The van der Waals surface area contributed by atoms with E-state index in [9.17, 15) is 0 Å². The number of benzene rings is 9. The van der Waals surface area contributed by atoms with Gasteiger partial charge in [0.2, 0.25) is 0 Å². The minimum atomic E-state index is 0.671. The van der Waals surface area contributed by atoms with Gasteiger partial charge in [-0.1, -0.05) is 255 Å². The van der Waals surface area contributed by atoms with E-state index < -0.39 is 0 Å². The Kier molecular flexibility index (Phi) is 11.0. The smallest absolute Gasteiger partial charge is 0.160 e. The van der Waals surface area contributed by atoms with Crippen LogP contribution >= 0.6 is 0 Å². The van der Waals surface area contributed by atoms with Gasteiger partial charge in [-0.15, -0.1) is 0 Å². The first kappa shape index (κ1) is 40.0. The predicted octanol–water partition coefficient (Wildman–Crippen LogP) is 16.5. The zero-order chi connectivity index (χ0) is 44.1. The summed E-state index contributed by atoms with van der Waals surface area (Å²) in [4.78, 5) is 16.1. The molecule has 0 aliphatic rings. The van der Waals surface area contributed by atoms with Crippen molar-refractivity contribution in [3.05, 3.63) is 261 Å². The van der Waals surface area contributed by atoms with E-state index in [0.29, 0.717) is 5.82 Å². The lowest BCUT2D eigenvalue weighted by molar-refractivity contribution is 1.18. The fourth-order valence-electron chi connectivity index (χ4n) is 8.84. The first-order valence-corrected chi connectivity index (χ1v) is 22.3. The van der Waals surface area contributed by atoms with Crippen molar-refractivity contribution in [2.75, 3.05) is 0 Å². The number of hydrogen-bond donors (Lipinski definition) is 0. The van der Waals surface area contributed by atoms with Gasteiger partial charge in [-0.05, 0) is 45.0 Å². The second-order valence-corrected chi connectivity index (χ2v) is 16.3. The van der Waals surface area contributed by atoms with Crippen LogP contribution in [0.4, 0.5) is 0 Å². The van der Waals surface area contributed by atoms with Crippen molar-refractivity contribution >= 4 is 0 Å². The number of nitrogens with zero attached hydrogens (tertiary/aromatic N) is 3. The van der Waals surface area contributed by atoms with Crippen LogP contribution in [0.5, 0.6) is 0 Å². The third-order valence-electron chi connectivity index (χ3n) is 12.2. The number of pyridine rings is 1. The van der Waals surface area contributed by atoms with Crippen LogP contribution in [0.25, 0.3) is 112 Å². The van der Waals surface area contributed by atoms with Crippen molar-refractivity contribution in [2.45, 2.75) is 0 Å². The highest BCUT2D eigenvalue weighted by Crippen LogP contribution is 2.49. The van der Waals surface area contributed by atoms with E-state index in [1.165, 1.54) is 11.1 Å². The van der Waals surface area contributed by atoms with Crippen LogP contribution in [0.2, 0.25) is 0 Å². The molecule has 0 aliphatic carbocycles. The third kappa shape index (κ3) is 8.14. The zero-order valence-electron chi connectivity index (χ0n) is 36.2. The quantitative estimate of drug-likeness (QED) is 0.138. The van der Waals surface area contributed by atoms with Gasteiger partial charge in [-0.3, -0.25) is 0 Å². The average Bonchev–Trinajstić information content (AvgIpc) is 3.42. The summed E-state index contributed by atoms with van der Waals surface area (Å²) in [5, 5.41) is 0. The Hall–Kier alpha value is -8.79. The standard InChI is InChI=1S/C63H43N3/c1-7-19-44(20-8-1)46-31-35-48(36-32-46)56-43-57(65-63(64-56)55-41-33-47(34-42-55)45-21-9-2-10-22-45)49-37-39-52(40-38-49)58-59(50-23-11-3-12-24-50)61(53-27-15-5-16-28-53)66-62(54-29-17-6-18-30-54)60(58)51-25-13-4-14-26-51/h1-43H. The molecule has 0 N–H and O–H groups in total. The van der Waals surface area contributed by atoms with Gasteiger partial charge in [-0.2, -0.15) is 0 Å². The summed E-state index contributed by atoms with van der Waals surface area (Å²) in [6.07, 6.45) is 0. The van der Waals surface area contributed by atoms with Crippen LogP contribution in [-0.2, 0) is 0 Å². The van der Waals surface area contributed by atoms with Crippen molar-refractivity contribution < 1.29 is 0 Å². The molecule has 9 aromatic carbocycles. The molecule has 11 aromatic rings. The topological polar surface area (TPSA) is 38.7 Å². The highest BCUT2D eigenvalue weighted by molar-refractivity contribution is 6.05. The fraction of sp³-hybridized carbons (Fsp3) is 0. The maximum atomic E-state index is 5.62. The first-order chi connectivity index (χ1) is 32.7. The zero-order valence-corrected chi connectivity index (χ0v) is 36.2. The average molecular weight is 842 g/mol. The molecule has 0 saturated carbocycles. The van der Waals surface area contributed by atoms with Gasteiger partial charge in [-0.25, -0.2) is 15.0 Å². The van der Waals surface area contributed by atoms with E-state index >= 15 is 0 Å². The van der Waals surface area contributed by atoms with Crippen LogP contribution in [0.3, 0.4) is 0 Å². The normalized spacial score (nSPS) is 11.0. The van der Waals surface area contributed by atoms with Crippen molar-refractivity contribution in [2.24, 2.45) is 0 Å². The molecule has 0 spiro atoms. The molecule has 0 radical (unpaired) electrons. The Labute approximate surface area is 386 Å². The first-order valence-electron chi connectivity index (χ1n) is 22.3. The Morgan fingerprint density at radius 1 is 0.182 bits per heavy atom. The predicted molar refractivity (Wildman–Crippen MR) is 274 cm³/mol. The molecule has 3 heteroatoms. The molecule has 0 aliphatic heterocycles. The Morgan fingerprint density at radius 2 is 0.439 bits per heavy atom. The molecule has 66 heavy (non-hydrogen) atoms. The molecule has 2 heterocycles. The highest BCUT2D eigenvalue weighted by Gasteiger charge is 2.25. The van der Waals surface area contributed by atoms with E-state index in [4.69, 9.17) is 15.0 Å². The summed E-state index contributed by atoms with van der Waals surface area (Å²) < 4.78 is 0. The monoisotopic (exact) mass is 841 g/mol. The summed E-state index contributed by atoms with van der Waals surface area (Å²) >= 11 is 0. The van der Waals surface area contributed by atoms with Crippen LogP contribution in [0.15, 0.2) is 261 Å². The lowest BCUT2D eigenvalue weighted by Crippen LogP contribution is -2.01. The number of hydrogen-bond acceptors (Lipinski definition) is 3. The molecular formula is C63H43N3. The molecular weight excluding hydrogens is 799 g/mol. The highest BCUT2D eigenvalue weighted by atomic mass is 14.9. The van der Waals surface area contributed by atoms with Crippen molar-refractivity contribution in [1.82, 2.24) is 15.0 Å². The third-order valence-corrected chi connectivity index (χ3v) is 12.2. The molecule has 0 amide bonds. The van der Waals surface area contributed by atoms with Crippen LogP contribution in [-0.4, -0.2) is 15.0 Å². The summed E-state index contributed by atoms with van der Waals surface area (Å²) in [5.41, 5.74) is 19.9. The van der Waals surface area contributed by atoms with Gasteiger partial charge < -0.3 is 0 Å². The van der Waals surface area contributed by atoms with Gasteiger partial charge in [0.15, 0.2) is 5.82 Å². The molecule has 0 fully saturated rings. The van der Waals surface area contributed by atoms with Gasteiger partial charge in [0.05, 0.1) is 22.8 Å². The lowest BCUT2D eigenvalue weighted by atomic mass is 9.83. The van der Waals surface area contributed by atoms with Crippen molar-refractivity contribution in [1.29, 1.82) is 0 Å². The second kappa shape index (κ2) is 18.1. The van der Waals surface area contributed by atoms with E-state index in [2.05, 4.69) is 249 Å². The van der Waals surface area contributed by atoms with Gasteiger partial charge >= 0.3 is 0 Å². The van der Waals surface area contributed by atoms with Gasteiger partial charge in [0.1, 0.15) is 0 Å². The maximum Gasteiger partial charge on any atom is 0.160 e. The van der Waals surface area contributed by atoms with Crippen molar-refractivity contribution in [3.63, 3.8) is 0 Å². The Balaban J connectivity index is 1.09. The van der Waals surface area contributed by atoms with Crippen molar-refractivity contribution in [3.8, 4) is 112 Å². The summed E-state index contributed by atoms with van der Waals surface area (Å²) in [6, 6.07) is 91.7. The largest absolute Gasteiger partial charge is 0.246 e. The summed E-state index contributed by atoms with van der Waals surface area (Å²) in [5.74, 6) is 0.671. The molecule has 3 nitrogen and oxygen atoms in total. The minimum absolute atomic E-state index is 0.671. The molecule has 0 unspecified atom stereocenters. The Bertz CT molecular complexity index is 3170. The van der Waals surface area contributed by atoms with Crippen LogP contribution < -0.4 is 0 Å². The summed E-state index contributed by atoms with van der Waals surface area (Å²) in [7, 11) is 0. The van der Waals surface area contributed by atoms with Gasteiger partial charge in [0.25, 0.3) is 0 Å². The molecule has 0 bridgehead atoms. The number of rotatable bonds is 10. The minimum Gasteiger partial charge on any atom is -0.246 e. The molecule has 0 saturated heterocycles.